The van der Waals surface area contributed by atoms with Crippen LogP contribution in [-0.4, -0.2) is 65.5 Å². The highest BCUT2D eigenvalue weighted by atomic mass is 16.1. The number of aryl methyl sites for hydroxylation is 1. The number of nitrogens with zero attached hydrogens (tertiary/aromatic N) is 3. The van der Waals surface area contributed by atoms with E-state index in [4.69, 9.17) is 4.98 Å². The summed E-state index contributed by atoms with van der Waals surface area (Å²) in [6.45, 7) is 4.55. The Labute approximate surface area is 176 Å². The number of piperidine rings is 1. The van der Waals surface area contributed by atoms with Crippen LogP contribution in [0.1, 0.15) is 18.4 Å². The number of anilines is 2. The third-order valence-corrected chi connectivity index (χ3v) is 5.67. The summed E-state index contributed by atoms with van der Waals surface area (Å²) in [6, 6.07) is 8.33. The van der Waals surface area contributed by atoms with Gasteiger partial charge in [-0.25, -0.2) is 9.97 Å². The molecule has 2 aromatic heterocycles. The molecule has 1 fully saturated rings. The van der Waals surface area contributed by atoms with Gasteiger partial charge in [-0.1, -0.05) is 0 Å². The van der Waals surface area contributed by atoms with Gasteiger partial charge in [-0.3, -0.25) is 4.79 Å². The molecule has 1 saturated heterocycles. The van der Waals surface area contributed by atoms with Crippen molar-refractivity contribution in [3.05, 3.63) is 36.0 Å². The number of amides is 1. The van der Waals surface area contributed by atoms with Crippen molar-refractivity contribution in [2.24, 2.45) is 0 Å². The summed E-state index contributed by atoms with van der Waals surface area (Å²) in [7, 11) is 3.80. The van der Waals surface area contributed by atoms with Gasteiger partial charge in [0.1, 0.15) is 11.3 Å². The van der Waals surface area contributed by atoms with E-state index < -0.39 is 0 Å². The molecule has 0 bridgehead atoms. The van der Waals surface area contributed by atoms with Crippen molar-refractivity contribution in [3.8, 4) is 11.4 Å². The third kappa shape index (κ3) is 4.38. The Bertz CT molecular complexity index is 1020. The molecule has 1 aromatic carbocycles. The second-order valence-electron chi connectivity index (χ2n) is 7.93. The quantitative estimate of drug-likeness (QED) is 0.501. The van der Waals surface area contributed by atoms with Crippen molar-refractivity contribution in [2.75, 3.05) is 44.4 Å². The van der Waals surface area contributed by atoms with Crippen LogP contribution < -0.4 is 16.0 Å². The van der Waals surface area contributed by atoms with Crippen LogP contribution in [0.2, 0.25) is 0 Å². The van der Waals surface area contributed by atoms with Crippen molar-refractivity contribution in [1.82, 2.24) is 25.2 Å². The van der Waals surface area contributed by atoms with E-state index in [1.54, 1.807) is 7.05 Å². The van der Waals surface area contributed by atoms with E-state index >= 15 is 0 Å². The van der Waals surface area contributed by atoms with E-state index in [0.29, 0.717) is 11.7 Å². The van der Waals surface area contributed by atoms with Crippen LogP contribution in [0.15, 0.2) is 30.5 Å². The van der Waals surface area contributed by atoms with Crippen LogP contribution in [0.3, 0.4) is 0 Å². The summed E-state index contributed by atoms with van der Waals surface area (Å²) in [5.41, 5.74) is 5.74. The first-order chi connectivity index (χ1) is 14.5. The van der Waals surface area contributed by atoms with E-state index in [1.807, 2.05) is 30.5 Å². The van der Waals surface area contributed by atoms with E-state index in [1.165, 1.54) is 0 Å². The first kappa shape index (κ1) is 20.2. The maximum absolute atomic E-state index is 11.4. The molecule has 3 aromatic rings. The standard InChI is InChI=1S/C22H29N7O/c1-14-12-25-22-20(19(14)26-17-8-10-29(3)11-9-17)27-21(28-22)15-4-6-16(7-5-15)24-13-18(30)23-2/h4-7,12,17,24H,8-11,13H2,1-3H3,(H,23,30)(H2,25,26,27,28). The number of hydrogen-bond acceptors (Lipinski definition) is 6. The number of aromatic nitrogens is 3. The molecule has 0 atom stereocenters. The van der Waals surface area contributed by atoms with Gasteiger partial charge in [-0.15, -0.1) is 0 Å². The van der Waals surface area contributed by atoms with Crippen molar-refractivity contribution in [1.29, 1.82) is 0 Å². The van der Waals surface area contributed by atoms with Gasteiger partial charge in [0.2, 0.25) is 5.91 Å². The molecule has 30 heavy (non-hydrogen) atoms. The van der Waals surface area contributed by atoms with Gasteiger partial charge in [0.25, 0.3) is 0 Å². The molecule has 8 heteroatoms. The van der Waals surface area contributed by atoms with Crippen LogP contribution in [-0.2, 0) is 4.79 Å². The number of rotatable bonds is 6. The van der Waals surface area contributed by atoms with Crippen molar-refractivity contribution in [3.63, 3.8) is 0 Å². The summed E-state index contributed by atoms with van der Waals surface area (Å²) in [5.74, 6) is 0.731. The van der Waals surface area contributed by atoms with Gasteiger partial charge < -0.3 is 25.8 Å². The van der Waals surface area contributed by atoms with Gasteiger partial charge in [0.15, 0.2) is 5.65 Å². The van der Waals surface area contributed by atoms with E-state index in [2.05, 4.69) is 44.8 Å². The second-order valence-corrected chi connectivity index (χ2v) is 7.93. The highest BCUT2D eigenvalue weighted by Crippen LogP contribution is 2.29. The lowest BCUT2D eigenvalue weighted by Crippen LogP contribution is -2.36. The largest absolute Gasteiger partial charge is 0.380 e. The van der Waals surface area contributed by atoms with Gasteiger partial charge in [0, 0.05) is 30.5 Å². The Hall–Kier alpha value is -3.13. The Morgan fingerprint density at radius 1 is 1.23 bits per heavy atom. The average Bonchev–Trinajstić information content (AvgIpc) is 3.20. The smallest absolute Gasteiger partial charge is 0.239 e. The highest BCUT2D eigenvalue weighted by molar-refractivity contribution is 5.89. The minimum atomic E-state index is -0.0533. The van der Waals surface area contributed by atoms with Crippen LogP contribution >= 0.6 is 0 Å². The number of nitrogens with one attached hydrogen (secondary N) is 4. The topological polar surface area (TPSA) is 98.0 Å². The van der Waals surface area contributed by atoms with Crippen molar-refractivity contribution in [2.45, 2.75) is 25.8 Å². The van der Waals surface area contributed by atoms with Gasteiger partial charge in [0.05, 0.1) is 12.2 Å². The number of H-pyrrole nitrogens is 1. The molecular weight excluding hydrogens is 378 g/mol. The minimum Gasteiger partial charge on any atom is -0.380 e. The van der Waals surface area contributed by atoms with E-state index in [9.17, 15) is 4.79 Å². The summed E-state index contributed by atoms with van der Waals surface area (Å²) in [6.07, 6.45) is 4.15. The lowest BCUT2D eigenvalue weighted by atomic mass is 10.0. The molecule has 4 rings (SSSR count). The zero-order valence-corrected chi connectivity index (χ0v) is 17.7. The SMILES string of the molecule is CNC(=O)CNc1ccc(-c2nc3ncc(C)c(NC4CCN(C)CC4)c3[nH]2)cc1. The summed E-state index contributed by atoms with van der Waals surface area (Å²) in [5, 5.41) is 9.43. The van der Waals surface area contributed by atoms with Crippen LogP contribution in [0.5, 0.6) is 0 Å². The van der Waals surface area contributed by atoms with E-state index in [-0.39, 0.29) is 12.5 Å². The van der Waals surface area contributed by atoms with E-state index in [0.717, 1.165) is 59.8 Å². The summed E-state index contributed by atoms with van der Waals surface area (Å²) in [4.78, 5) is 26.5. The molecule has 1 amide bonds. The van der Waals surface area contributed by atoms with Crippen LogP contribution in [0.4, 0.5) is 11.4 Å². The predicted molar refractivity (Wildman–Crippen MR) is 121 cm³/mol. The molecule has 158 valence electrons. The molecule has 1 aliphatic heterocycles. The zero-order valence-electron chi connectivity index (χ0n) is 17.7. The van der Waals surface area contributed by atoms with Crippen LogP contribution in [0.25, 0.3) is 22.6 Å². The molecule has 4 N–H and O–H groups in total. The molecule has 0 unspecified atom stereocenters. The number of benzene rings is 1. The first-order valence-corrected chi connectivity index (χ1v) is 10.4. The summed E-state index contributed by atoms with van der Waals surface area (Å²) >= 11 is 0. The second kappa shape index (κ2) is 8.71. The normalized spacial score (nSPS) is 15.3. The fourth-order valence-corrected chi connectivity index (χ4v) is 3.75. The van der Waals surface area contributed by atoms with Crippen LogP contribution in [0, 0.1) is 6.92 Å². The number of carbonyl (C=O) groups excluding carboxylic acids is 1. The molecule has 0 spiro atoms. The maximum Gasteiger partial charge on any atom is 0.239 e. The number of carbonyl (C=O) groups is 1. The van der Waals surface area contributed by atoms with Crippen molar-refractivity contribution < 1.29 is 4.79 Å². The number of pyridine rings is 1. The third-order valence-electron chi connectivity index (χ3n) is 5.67. The van der Waals surface area contributed by atoms with Gasteiger partial charge in [-0.05, 0) is 69.7 Å². The minimum absolute atomic E-state index is 0.0533. The number of likely N-dealkylation sites (N-methyl/N-ethyl adjacent to an activating group) is 1. The maximum atomic E-state index is 11.4. The average molecular weight is 408 g/mol. The highest BCUT2D eigenvalue weighted by Gasteiger charge is 2.19. The number of aromatic amines is 1. The lowest BCUT2D eigenvalue weighted by Gasteiger charge is -2.30. The number of likely N-dealkylation sites (tertiary alicyclic amines) is 1. The summed E-state index contributed by atoms with van der Waals surface area (Å²) < 4.78 is 0. The fraction of sp³-hybridized carbons (Fsp3) is 0.409. The molecule has 1 aliphatic rings. The fourth-order valence-electron chi connectivity index (χ4n) is 3.75. The Morgan fingerprint density at radius 3 is 2.67 bits per heavy atom. The molecule has 8 nitrogen and oxygen atoms in total. The lowest BCUT2D eigenvalue weighted by molar-refractivity contribution is -0.118. The zero-order chi connectivity index (χ0) is 21.1. The number of hydrogen-bond donors (Lipinski definition) is 4. The monoisotopic (exact) mass is 407 g/mol. The molecule has 0 radical (unpaired) electrons. The molecule has 0 saturated carbocycles. The Balaban J connectivity index is 1.55. The van der Waals surface area contributed by atoms with Gasteiger partial charge in [-0.2, -0.15) is 0 Å². The Morgan fingerprint density at radius 2 is 1.97 bits per heavy atom. The Kier molecular flexibility index (Phi) is 5.85. The number of imidazole rings is 1. The molecule has 0 aliphatic carbocycles. The molecule has 3 heterocycles. The first-order valence-electron chi connectivity index (χ1n) is 10.4. The predicted octanol–water partition coefficient (Wildman–Crippen LogP) is 2.60. The van der Waals surface area contributed by atoms with Gasteiger partial charge >= 0.3 is 0 Å². The molecular formula is C22H29N7O. The van der Waals surface area contributed by atoms with Crippen molar-refractivity contribution >= 4 is 28.4 Å². The number of fused-ring (bicyclic) bond motifs is 1.